The van der Waals surface area contributed by atoms with Gasteiger partial charge in [-0.2, -0.15) is 0 Å². The van der Waals surface area contributed by atoms with E-state index in [-0.39, 0.29) is 18.8 Å². The molecule has 4 heteroatoms. The van der Waals surface area contributed by atoms with Crippen LogP contribution in [0.25, 0.3) is 0 Å². The van der Waals surface area contributed by atoms with Crippen molar-refractivity contribution in [3.63, 3.8) is 0 Å². The van der Waals surface area contributed by atoms with Gasteiger partial charge in [-0.1, -0.05) is 24.3 Å². The second kappa shape index (κ2) is 3.29. The fraction of sp³-hybridized carbons (Fsp3) is 0.400. The Kier molecular flexibility index (Phi) is 2.25. The van der Waals surface area contributed by atoms with E-state index in [4.69, 9.17) is 4.74 Å². The number of ether oxygens (including phenoxy) is 1. The van der Waals surface area contributed by atoms with Crippen molar-refractivity contribution >= 4 is 0 Å². The number of benzene rings is 1. The van der Waals surface area contributed by atoms with E-state index < -0.39 is 12.0 Å². The van der Waals surface area contributed by atoms with Crippen LogP contribution in [-0.4, -0.2) is 18.1 Å². The van der Waals surface area contributed by atoms with Crippen molar-refractivity contribution in [2.75, 3.05) is 6.61 Å². The first-order valence-electron chi connectivity index (χ1n) is 4.31. The molecule has 76 valence electrons. The number of hydrogen-bond donors (Lipinski definition) is 1. The zero-order chi connectivity index (χ0) is 10.2. The van der Waals surface area contributed by atoms with Gasteiger partial charge < -0.3 is 9.84 Å². The van der Waals surface area contributed by atoms with Crippen molar-refractivity contribution in [3.05, 3.63) is 35.4 Å². The van der Waals surface area contributed by atoms with E-state index in [1.165, 1.54) is 6.07 Å². The lowest BCUT2D eigenvalue weighted by atomic mass is 9.89. The summed E-state index contributed by atoms with van der Waals surface area (Å²) in [5.74, 6) is 0. The Morgan fingerprint density at radius 2 is 2.07 bits per heavy atom. The maximum Gasteiger partial charge on any atom is 0.273 e. The van der Waals surface area contributed by atoms with Gasteiger partial charge in [0, 0.05) is 0 Å². The number of fused-ring (bicyclic) bond motifs is 1. The van der Waals surface area contributed by atoms with Gasteiger partial charge in [-0.3, -0.25) is 0 Å². The van der Waals surface area contributed by atoms with Gasteiger partial charge in [0.1, 0.15) is 0 Å². The molecule has 1 aromatic carbocycles. The zero-order valence-electron chi connectivity index (χ0n) is 7.41. The number of alkyl halides is 2. The molecule has 0 bridgehead atoms. The second-order valence-corrected chi connectivity index (χ2v) is 3.37. The maximum absolute atomic E-state index is 12.7. The summed E-state index contributed by atoms with van der Waals surface area (Å²) in [6, 6.07) is 6.57. The Morgan fingerprint density at radius 3 is 2.79 bits per heavy atom. The summed E-state index contributed by atoms with van der Waals surface area (Å²) in [6.07, 6.45) is -2.83. The van der Waals surface area contributed by atoms with Crippen LogP contribution in [0.1, 0.15) is 11.1 Å². The Bertz CT molecular complexity index is 341. The molecule has 14 heavy (non-hydrogen) atoms. The van der Waals surface area contributed by atoms with Crippen molar-refractivity contribution in [3.8, 4) is 0 Å². The molecule has 1 aliphatic rings. The van der Waals surface area contributed by atoms with Crippen LogP contribution in [0, 0.1) is 0 Å². The zero-order valence-corrected chi connectivity index (χ0v) is 7.41. The third kappa shape index (κ3) is 1.31. The lowest BCUT2D eigenvalue weighted by Gasteiger charge is -2.33. The molecule has 1 aromatic rings. The van der Waals surface area contributed by atoms with Crippen molar-refractivity contribution in [1.29, 1.82) is 0 Å². The van der Waals surface area contributed by atoms with Crippen LogP contribution in [0.5, 0.6) is 0 Å². The first-order chi connectivity index (χ1) is 6.64. The van der Waals surface area contributed by atoms with Crippen LogP contribution in [0.2, 0.25) is 0 Å². The molecular formula is C10H10F2O2. The maximum atomic E-state index is 12.7. The molecule has 1 unspecified atom stereocenters. The summed E-state index contributed by atoms with van der Waals surface area (Å²) in [5.41, 5.74) is -1.24. The lowest BCUT2D eigenvalue weighted by Crippen LogP contribution is -2.42. The van der Waals surface area contributed by atoms with E-state index >= 15 is 0 Å². The van der Waals surface area contributed by atoms with Gasteiger partial charge >= 0.3 is 0 Å². The molecule has 1 aliphatic heterocycles. The predicted octanol–water partition coefficient (Wildman–Crippen LogP) is 1.67. The van der Waals surface area contributed by atoms with Gasteiger partial charge in [-0.05, 0) is 11.1 Å². The monoisotopic (exact) mass is 200 g/mol. The van der Waals surface area contributed by atoms with E-state index in [0.29, 0.717) is 5.56 Å². The van der Waals surface area contributed by atoms with Crippen LogP contribution in [0.15, 0.2) is 24.3 Å². The van der Waals surface area contributed by atoms with Gasteiger partial charge in [-0.15, -0.1) is 0 Å². The summed E-state index contributed by atoms with van der Waals surface area (Å²) >= 11 is 0. The lowest BCUT2D eigenvalue weighted by molar-refractivity contribution is -0.156. The molecule has 0 aliphatic carbocycles. The molecule has 0 fully saturated rings. The van der Waals surface area contributed by atoms with Gasteiger partial charge in [0.25, 0.3) is 6.43 Å². The highest BCUT2D eigenvalue weighted by Crippen LogP contribution is 2.34. The van der Waals surface area contributed by atoms with E-state index in [0.717, 1.165) is 0 Å². The van der Waals surface area contributed by atoms with Crippen LogP contribution < -0.4 is 0 Å². The largest absolute Gasteiger partial charge is 0.377 e. The Morgan fingerprint density at radius 1 is 1.36 bits per heavy atom. The highest BCUT2D eigenvalue weighted by atomic mass is 19.3. The summed E-state index contributed by atoms with van der Waals surface area (Å²) < 4.78 is 30.2. The molecule has 0 radical (unpaired) electrons. The molecule has 0 saturated heterocycles. The molecule has 1 N–H and O–H groups in total. The first-order valence-corrected chi connectivity index (χ1v) is 4.31. The standard InChI is InChI=1S/C10H10F2O2/c11-9(12)10(13)6-14-5-7-3-1-2-4-8(7)10/h1-4,9,13H,5-6H2. The number of halogens is 2. The molecule has 2 rings (SSSR count). The summed E-state index contributed by atoms with van der Waals surface area (Å²) in [4.78, 5) is 0. The Labute approximate surface area is 80.1 Å². The molecule has 0 spiro atoms. The predicted molar refractivity (Wildman–Crippen MR) is 46.0 cm³/mol. The van der Waals surface area contributed by atoms with E-state index in [9.17, 15) is 13.9 Å². The molecule has 2 nitrogen and oxygen atoms in total. The smallest absolute Gasteiger partial charge is 0.273 e. The third-order valence-electron chi connectivity index (χ3n) is 2.42. The van der Waals surface area contributed by atoms with E-state index in [1.54, 1.807) is 18.2 Å². The van der Waals surface area contributed by atoms with Crippen molar-refractivity contribution in [2.45, 2.75) is 18.6 Å². The fourth-order valence-corrected chi connectivity index (χ4v) is 1.64. The average molecular weight is 200 g/mol. The van der Waals surface area contributed by atoms with Crippen LogP contribution in [-0.2, 0) is 16.9 Å². The van der Waals surface area contributed by atoms with Crippen molar-refractivity contribution < 1.29 is 18.6 Å². The molecular weight excluding hydrogens is 190 g/mol. The Hall–Kier alpha value is -1.00. The topological polar surface area (TPSA) is 29.5 Å². The minimum absolute atomic E-state index is 0.279. The number of rotatable bonds is 1. The summed E-state index contributed by atoms with van der Waals surface area (Å²) in [7, 11) is 0. The van der Waals surface area contributed by atoms with Gasteiger partial charge in [0.15, 0.2) is 5.60 Å². The summed E-state index contributed by atoms with van der Waals surface area (Å²) in [5, 5.41) is 9.73. The highest BCUT2D eigenvalue weighted by Gasteiger charge is 2.43. The van der Waals surface area contributed by atoms with Crippen molar-refractivity contribution in [1.82, 2.24) is 0 Å². The average Bonchev–Trinajstić information content (AvgIpc) is 2.18. The quantitative estimate of drug-likeness (QED) is 0.747. The minimum atomic E-state index is -2.83. The van der Waals surface area contributed by atoms with Crippen LogP contribution in [0.4, 0.5) is 8.78 Å². The molecule has 0 aromatic heterocycles. The van der Waals surface area contributed by atoms with Gasteiger partial charge in [-0.25, -0.2) is 8.78 Å². The first kappa shape index (κ1) is 9.55. The van der Waals surface area contributed by atoms with Crippen molar-refractivity contribution in [2.24, 2.45) is 0 Å². The van der Waals surface area contributed by atoms with Crippen LogP contribution in [0.3, 0.4) is 0 Å². The molecule has 1 atom stereocenters. The molecule has 1 heterocycles. The van der Waals surface area contributed by atoms with Gasteiger partial charge in [0.2, 0.25) is 0 Å². The second-order valence-electron chi connectivity index (χ2n) is 3.37. The van der Waals surface area contributed by atoms with E-state index in [2.05, 4.69) is 0 Å². The number of hydrogen-bond acceptors (Lipinski definition) is 2. The highest BCUT2D eigenvalue weighted by molar-refractivity contribution is 5.34. The summed E-state index contributed by atoms with van der Waals surface area (Å²) in [6.45, 7) is -0.0626. The molecule has 0 saturated carbocycles. The number of aliphatic hydroxyl groups is 1. The van der Waals surface area contributed by atoms with Crippen LogP contribution >= 0.6 is 0 Å². The SMILES string of the molecule is OC1(C(F)F)COCc2ccccc21. The van der Waals surface area contributed by atoms with Gasteiger partial charge in [0.05, 0.1) is 13.2 Å². The van der Waals surface area contributed by atoms with E-state index in [1.807, 2.05) is 0 Å². The minimum Gasteiger partial charge on any atom is -0.377 e. The fourth-order valence-electron chi connectivity index (χ4n) is 1.64. The normalized spacial score (nSPS) is 26.3. The molecule has 0 amide bonds. The third-order valence-corrected chi connectivity index (χ3v) is 2.42. The Balaban J connectivity index is 2.50.